The quantitative estimate of drug-likeness (QED) is 0.827. The highest BCUT2D eigenvalue weighted by Gasteiger charge is 2.51. The number of likely N-dealkylation sites (tertiary alicyclic amines) is 1. The fourth-order valence-electron chi connectivity index (χ4n) is 4.29. The van der Waals surface area contributed by atoms with E-state index >= 15 is 0 Å². The van der Waals surface area contributed by atoms with Crippen LogP contribution in [-0.4, -0.2) is 45.5 Å². The van der Waals surface area contributed by atoms with E-state index < -0.39 is 0 Å². The summed E-state index contributed by atoms with van der Waals surface area (Å²) in [5.74, 6) is 0.684. The van der Waals surface area contributed by atoms with Crippen LogP contribution in [0, 0.1) is 18.3 Å². The van der Waals surface area contributed by atoms with E-state index in [0.717, 1.165) is 37.1 Å². The van der Waals surface area contributed by atoms with Crippen molar-refractivity contribution < 1.29 is 9.53 Å². The molecular weight excluding hydrogens is 328 g/mol. The number of ether oxygens (including phenoxy) is 1. The van der Waals surface area contributed by atoms with Crippen LogP contribution in [0.3, 0.4) is 0 Å². The monoisotopic (exact) mass is 352 g/mol. The number of fused-ring (bicyclic) bond motifs is 1. The minimum atomic E-state index is 0.0405. The van der Waals surface area contributed by atoms with Crippen molar-refractivity contribution in [2.45, 2.75) is 32.6 Å². The zero-order valence-electron chi connectivity index (χ0n) is 15.1. The summed E-state index contributed by atoms with van der Waals surface area (Å²) in [5, 5.41) is 0. The number of hydrogen-bond acceptors (Lipinski definition) is 5. The van der Waals surface area contributed by atoms with E-state index in [4.69, 9.17) is 4.74 Å². The summed E-state index contributed by atoms with van der Waals surface area (Å²) in [7, 11) is 0. The zero-order chi connectivity index (χ0) is 18.0. The molecule has 0 bridgehead atoms. The van der Waals surface area contributed by atoms with Crippen molar-refractivity contribution in [3.05, 3.63) is 48.0 Å². The van der Waals surface area contributed by atoms with Crippen molar-refractivity contribution in [2.75, 3.05) is 19.7 Å². The maximum atomic E-state index is 12.7. The van der Waals surface area contributed by atoms with Crippen LogP contribution >= 0.6 is 0 Å². The predicted molar refractivity (Wildman–Crippen MR) is 96.6 cm³/mol. The molecule has 136 valence electrons. The first-order valence-electron chi connectivity index (χ1n) is 9.23. The summed E-state index contributed by atoms with van der Waals surface area (Å²) in [4.78, 5) is 27.3. The Kier molecular flexibility index (Phi) is 4.57. The summed E-state index contributed by atoms with van der Waals surface area (Å²) in [6, 6.07) is 4.25. The minimum absolute atomic E-state index is 0.0405. The third kappa shape index (κ3) is 3.41. The van der Waals surface area contributed by atoms with E-state index in [2.05, 4.69) is 15.0 Å². The Bertz CT molecular complexity index is 765. The van der Waals surface area contributed by atoms with Gasteiger partial charge in [-0.15, -0.1) is 0 Å². The second-order valence-electron chi connectivity index (χ2n) is 7.60. The van der Waals surface area contributed by atoms with Gasteiger partial charge in [-0.2, -0.15) is 0 Å². The zero-order valence-corrected chi connectivity index (χ0v) is 15.1. The average Bonchev–Trinajstić information content (AvgIpc) is 3.19. The lowest BCUT2D eigenvalue weighted by atomic mass is 9.82. The molecule has 1 amide bonds. The Morgan fingerprint density at radius 2 is 2.19 bits per heavy atom. The van der Waals surface area contributed by atoms with Gasteiger partial charge in [-0.3, -0.25) is 9.78 Å². The molecule has 4 rings (SSSR count). The van der Waals surface area contributed by atoms with Gasteiger partial charge in [0.05, 0.1) is 13.0 Å². The lowest BCUT2D eigenvalue weighted by Crippen LogP contribution is -2.36. The number of aryl methyl sites for hydroxylation is 1. The molecule has 2 aromatic heterocycles. The van der Waals surface area contributed by atoms with Crippen LogP contribution in [0.4, 0.5) is 0 Å². The lowest BCUT2D eigenvalue weighted by molar-refractivity contribution is -0.130. The second kappa shape index (κ2) is 7.02. The molecule has 2 atom stereocenters. The van der Waals surface area contributed by atoms with Crippen molar-refractivity contribution in [3.8, 4) is 6.01 Å². The molecule has 2 aliphatic rings. The molecule has 6 nitrogen and oxygen atoms in total. The first-order chi connectivity index (χ1) is 12.6. The Morgan fingerprint density at radius 3 is 2.96 bits per heavy atom. The van der Waals surface area contributed by atoms with Gasteiger partial charge in [0.25, 0.3) is 0 Å². The SMILES string of the molecule is Cc1cnc(OCC23CCCC2CN(C(=O)Cc2cccnc2)C3)nc1. The van der Waals surface area contributed by atoms with Crippen LogP contribution < -0.4 is 4.74 Å². The van der Waals surface area contributed by atoms with Crippen molar-refractivity contribution >= 4 is 5.91 Å². The van der Waals surface area contributed by atoms with Gasteiger partial charge < -0.3 is 9.64 Å². The number of carbonyl (C=O) groups is 1. The maximum Gasteiger partial charge on any atom is 0.316 e. The van der Waals surface area contributed by atoms with Crippen molar-refractivity contribution in [2.24, 2.45) is 11.3 Å². The van der Waals surface area contributed by atoms with Crippen LogP contribution in [-0.2, 0) is 11.2 Å². The maximum absolute atomic E-state index is 12.7. The molecule has 0 radical (unpaired) electrons. The average molecular weight is 352 g/mol. The summed E-state index contributed by atoms with van der Waals surface area (Å²) in [6.07, 6.45) is 10.9. The normalized spacial score (nSPS) is 24.5. The largest absolute Gasteiger partial charge is 0.463 e. The number of pyridine rings is 1. The van der Waals surface area contributed by atoms with Crippen LogP contribution in [0.15, 0.2) is 36.9 Å². The molecule has 6 heteroatoms. The molecule has 2 fully saturated rings. The van der Waals surface area contributed by atoms with Crippen LogP contribution in [0.25, 0.3) is 0 Å². The Morgan fingerprint density at radius 1 is 1.35 bits per heavy atom. The first kappa shape index (κ1) is 16.9. The van der Waals surface area contributed by atoms with E-state index in [1.807, 2.05) is 24.0 Å². The van der Waals surface area contributed by atoms with Crippen molar-refractivity contribution in [1.29, 1.82) is 0 Å². The molecule has 2 unspecified atom stereocenters. The van der Waals surface area contributed by atoms with Crippen LogP contribution in [0.5, 0.6) is 6.01 Å². The van der Waals surface area contributed by atoms with Crippen molar-refractivity contribution in [3.63, 3.8) is 0 Å². The summed E-state index contributed by atoms with van der Waals surface area (Å²) < 4.78 is 5.93. The molecule has 1 aliphatic heterocycles. The topological polar surface area (TPSA) is 68.2 Å². The van der Waals surface area contributed by atoms with Gasteiger partial charge >= 0.3 is 6.01 Å². The van der Waals surface area contributed by atoms with Gasteiger partial charge in [0, 0.05) is 43.3 Å². The second-order valence-corrected chi connectivity index (χ2v) is 7.60. The van der Waals surface area contributed by atoms with Gasteiger partial charge in [-0.25, -0.2) is 9.97 Å². The molecule has 0 aromatic carbocycles. The number of rotatable bonds is 5. The predicted octanol–water partition coefficient (Wildman–Crippen LogP) is 2.43. The fraction of sp³-hybridized carbons (Fsp3) is 0.500. The highest BCUT2D eigenvalue weighted by Crippen LogP contribution is 2.48. The molecule has 1 aliphatic carbocycles. The highest BCUT2D eigenvalue weighted by molar-refractivity contribution is 5.79. The standard InChI is InChI=1S/C20H24N4O2/c1-15-9-22-19(23-10-15)26-14-20-6-2-5-17(20)12-24(13-20)18(25)8-16-4-3-7-21-11-16/h3-4,7,9-11,17H,2,5-6,8,12-14H2,1H3. The number of carbonyl (C=O) groups excluding carboxylic acids is 1. The van der Waals surface area contributed by atoms with E-state index in [1.165, 1.54) is 6.42 Å². The molecular formula is C20H24N4O2. The number of hydrogen-bond donors (Lipinski definition) is 0. The first-order valence-corrected chi connectivity index (χ1v) is 9.23. The molecule has 0 spiro atoms. The third-order valence-electron chi connectivity index (χ3n) is 5.72. The van der Waals surface area contributed by atoms with Crippen LogP contribution in [0.2, 0.25) is 0 Å². The van der Waals surface area contributed by atoms with Gasteiger partial charge in [0.2, 0.25) is 5.91 Å². The van der Waals surface area contributed by atoms with E-state index in [9.17, 15) is 4.79 Å². The van der Waals surface area contributed by atoms with E-state index in [-0.39, 0.29) is 11.3 Å². The number of amides is 1. The Balaban J connectivity index is 1.41. The molecule has 26 heavy (non-hydrogen) atoms. The number of aromatic nitrogens is 3. The van der Waals surface area contributed by atoms with Crippen molar-refractivity contribution in [1.82, 2.24) is 19.9 Å². The highest BCUT2D eigenvalue weighted by atomic mass is 16.5. The van der Waals surface area contributed by atoms with Gasteiger partial charge in [0.15, 0.2) is 0 Å². The molecule has 0 N–H and O–H groups in total. The summed E-state index contributed by atoms with van der Waals surface area (Å²) in [6.45, 7) is 4.13. The van der Waals surface area contributed by atoms with Gasteiger partial charge in [-0.05, 0) is 42.9 Å². The van der Waals surface area contributed by atoms with Gasteiger partial charge in [-0.1, -0.05) is 12.5 Å². The third-order valence-corrected chi connectivity index (χ3v) is 5.72. The molecule has 1 saturated carbocycles. The summed E-state index contributed by atoms with van der Waals surface area (Å²) >= 11 is 0. The molecule has 1 saturated heterocycles. The molecule has 3 heterocycles. The minimum Gasteiger partial charge on any atom is -0.463 e. The summed E-state index contributed by atoms with van der Waals surface area (Å²) in [5.41, 5.74) is 2.02. The lowest BCUT2D eigenvalue weighted by Gasteiger charge is -2.28. The molecule has 2 aromatic rings. The number of nitrogens with zero attached hydrogens (tertiary/aromatic N) is 4. The Labute approximate surface area is 153 Å². The van der Waals surface area contributed by atoms with E-state index in [0.29, 0.717) is 25.0 Å². The van der Waals surface area contributed by atoms with Gasteiger partial charge in [0.1, 0.15) is 0 Å². The van der Waals surface area contributed by atoms with E-state index in [1.54, 1.807) is 24.8 Å². The van der Waals surface area contributed by atoms with Crippen LogP contribution in [0.1, 0.15) is 30.4 Å². The smallest absolute Gasteiger partial charge is 0.316 e. The fourth-order valence-corrected chi connectivity index (χ4v) is 4.29. The Hall–Kier alpha value is -2.50.